The van der Waals surface area contributed by atoms with E-state index in [0.717, 1.165) is 10.9 Å². The number of anilines is 1. The SMILES string of the molecule is Nc1ccc(Cn2ncc3ccccc3c2=O)cc1. The van der Waals surface area contributed by atoms with Crippen LogP contribution in [0, 0.1) is 0 Å². The van der Waals surface area contributed by atoms with Crippen molar-refractivity contribution < 1.29 is 0 Å². The van der Waals surface area contributed by atoms with Crippen LogP contribution in [-0.4, -0.2) is 9.78 Å². The zero-order chi connectivity index (χ0) is 13.2. The first-order chi connectivity index (χ1) is 9.24. The van der Waals surface area contributed by atoms with Gasteiger partial charge in [-0.2, -0.15) is 5.10 Å². The summed E-state index contributed by atoms with van der Waals surface area (Å²) < 4.78 is 1.47. The van der Waals surface area contributed by atoms with Gasteiger partial charge in [-0.3, -0.25) is 4.79 Å². The zero-order valence-corrected chi connectivity index (χ0v) is 10.3. The second kappa shape index (κ2) is 4.57. The van der Waals surface area contributed by atoms with Crippen LogP contribution in [0.2, 0.25) is 0 Å². The fourth-order valence-corrected chi connectivity index (χ4v) is 2.04. The van der Waals surface area contributed by atoms with E-state index in [1.165, 1.54) is 4.68 Å². The zero-order valence-electron chi connectivity index (χ0n) is 10.3. The highest BCUT2D eigenvalue weighted by molar-refractivity contribution is 5.80. The molecule has 0 bridgehead atoms. The van der Waals surface area contributed by atoms with Crippen LogP contribution in [0.3, 0.4) is 0 Å². The molecule has 4 heteroatoms. The minimum atomic E-state index is -0.0741. The molecule has 0 aliphatic heterocycles. The molecule has 0 unspecified atom stereocenters. The number of benzene rings is 2. The van der Waals surface area contributed by atoms with Gasteiger partial charge < -0.3 is 5.73 Å². The van der Waals surface area contributed by atoms with E-state index in [2.05, 4.69) is 5.10 Å². The van der Waals surface area contributed by atoms with Gasteiger partial charge in [-0.05, 0) is 23.8 Å². The molecule has 0 saturated heterocycles. The molecule has 0 fully saturated rings. The molecule has 1 heterocycles. The lowest BCUT2D eigenvalue weighted by atomic mass is 10.2. The molecule has 2 N–H and O–H groups in total. The molecule has 0 radical (unpaired) electrons. The first-order valence-electron chi connectivity index (χ1n) is 6.03. The van der Waals surface area contributed by atoms with Crippen LogP contribution < -0.4 is 11.3 Å². The predicted octanol–water partition coefficient (Wildman–Crippen LogP) is 2.03. The van der Waals surface area contributed by atoms with Gasteiger partial charge in [0.05, 0.1) is 18.1 Å². The van der Waals surface area contributed by atoms with Crippen LogP contribution in [-0.2, 0) is 6.54 Å². The van der Waals surface area contributed by atoms with Crippen LogP contribution in [0.15, 0.2) is 59.5 Å². The second-order valence-electron chi connectivity index (χ2n) is 4.44. The van der Waals surface area contributed by atoms with Gasteiger partial charge in [0.15, 0.2) is 0 Å². The van der Waals surface area contributed by atoms with Crippen molar-refractivity contribution in [3.63, 3.8) is 0 Å². The average Bonchev–Trinajstić information content (AvgIpc) is 2.45. The Kier molecular flexibility index (Phi) is 2.76. The van der Waals surface area contributed by atoms with Crippen LogP contribution in [0.1, 0.15) is 5.56 Å². The molecular weight excluding hydrogens is 238 g/mol. The number of fused-ring (bicyclic) bond motifs is 1. The molecule has 3 aromatic rings. The van der Waals surface area contributed by atoms with Crippen LogP contribution in [0.5, 0.6) is 0 Å². The van der Waals surface area contributed by atoms with Gasteiger partial charge in [0.2, 0.25) is 0 Å². The number of nitrogens with two attached hydrogens (primary N) is 1. The highest BCUT2D eigenvalue weighted by Crippen LogP contribution is 2.09. The fraction of sp³-hybridized carbons (Fsp3) is 0.0667. The molecule has 94 valence electrons. The normalized spacial score (nSPS) is 10.7. The minimum Gasteiger partial charge on any atom is -0.399 e. The van der Waals surface area contributed by atoms with Crippen molar-refractivity contribution in [2.45, 2.75) is 6.54 Å². The van der Waals surface area contributed by atoms with Crippen molar-refractivity contribution in [1.29, 1.82) is 0 Å². The van der Waals surface area contributed by atoms with Gasteiger partial charge in [-0.1, -0.05) is 30.3 Å². The molecule has 4 nitrogen and oxygen atoms in total. The Hall–Kier alpha value is -2.62. The summed E-state index contributed by atoms with van der Waals surface area (Å²) in [6.07, 6.45) is 1.72. The standard InChI is InChI=1S/C15H13N3O/c16-13-7-5-11(6-8-13)10-18-15(19)14-4-2-1-3-12(14)9-17-18/h1-9H,10,16H2. The first-order valence-corrected chi connectivity index (χ1v) is 6.03. The summed E-state index contributed by atoms with van der Waals surface area (Å²) in [6, 6.07) is 14.9. The van der Waals surface area contributed by atoms with Crippen molar-refractivity contribution in [1.82, 2.24) is 9.78 Å². The maximum absolute atomic E-state index is 12.3. The van der Waals surface area contributed by atoms with Gasteiger partial charge in [0.25, 0.3) is 5.56 Å². The molecule has 0 aliphatic carbocycles. The quantitative estimate of drug-likeness (QED) is 0.709. The van der Waals surface area contributed by atoms with Crippen molar-refractivity contribution in [3.05, 3.63) is 70.6 Å². The third-order valence-corrected chi connectivity index (χ3v) is 3.07. The van der Waals surface area contributed by atoms with Crippen LogP contribution >= 0.6 is 0 Å². The van der Waals surface area contributed by atoms with Crippen LogP contribution in [0.25, 0.3) is 10.8 Å². The summed E-state index contributed by atoms with van der Waals surface area (Å²) in [7, 11) is 0. The highest BCUT2D eigenvalue weighted by atomic mass is 16.1. The number of rotatable bonds is 2. The monoisotopic (exact) mass is 251 g/mol. The molecular formula is C15H13N3O. The summed E-state index contributed by atoms with van der Waals surface area (Å²) in [6.45, 7) is 0.448. The van der Waals surface area contributed by atoms with E-state index in [4.69, 9.17) is 5.73 Å². The van der Waals surface area contributed by atoms with Crippen molar-refractivity contribution >= 4 is 16.5 Å². The Morgan fingerprint density at radius 2 is 1.79 bits per heavy atom. The number of aromatic nitrogens is 2. The van der Waals surface area contributed by atoms with Gasteiger partial charge in [-0.25, -0.2) is 4.68 Å². The Morgan fingerprint density at radius 1 is 1.05 bits per heavy atom. The van der Waals surface area contributed by atoms with Gasteiger partial charge in [0, 0.05) is 11.1 Å². The highest BCUT2D eigenvalue weighted by Gasteiger charge is 2.03. The summed E-state index contributed by atoms with van der Waals surface area (Å²) in [4.78, 5) is 12.3. The lowest BCUT2D eigenvalue weighted by Gasteiger charge is -2.06. The largest absolute Gasteiger partial charge is 0.399 e. The van der Waals surface area contributed by atoms with Crippen molar-refractivity contribution in [3.8, 4) is 0 Å². The Bertz CT molecular complexity index is 775. The van der Waals surface area contributed by atoms with E-state index in [-0.39, 0.29) is 5.56 Å². The van der Waals surface area contributed by atoms with Gasteiger partial charge >= 0.3 is 0 Å². The molecule has 3 rings (SSSR count). The topological polar surface area (TPSA) is 60.9 Å². The summed E-state index contributed by atoms with van der Waals surface area (Å²) >= 11 is 0. The number of hydrogen-bond acceptors (Lipinski definition) is 3. The fourth-order valence-electron chi connectivity index (χ4n) is 2.04. The maximum atomic E-state index is 12.3. The molecule has 0 amide bonds. The molecule has 0 aliphatic rings. The Labute approximate surface area is 110 Å². The molecule has 2 aromatic carbocycles. The maximum Gasteiger partial charge on any atom is 0.274 e. The van der Waals surface area contributed by atoms with E-state index in [1.807, 2.05) is 48.5 Å². The molecule has 0 saturated carbocycles. The van der Waals surface area contributed by atoms with E-state index >= 15 is 0 Å². The average molecular weight is 251 g/mol. The third kappa shape index (κ3) is 2.20. The molecule has 19 heavy (non-hydrogen) atoms. The summed E-state index contributed by atoms with van der Waals surface area (Å²) in [5, 5.41) is 5.75. The lowest BCUT2D eigenvalue weighted by Crippen LogP contribution is -2.23. The van der Waals surface area contributed by atoms with E-state index in [1.54, 1.807) is 6.20 Å². The van der Waals surface area contributed by atoms with E-state index in [0.29, 0.717) is 17.6 Å². The van der Waals surface area contributed by atoms with E-state index < -0.39 is 0 Å². The Balaban J connectivity index is 2.04. The lowest BCUT2D eigenvalue weighted by molar-refractivity contribution is 0.647. The summed E-state index contributed by atoms with van der Waals surface area (Å²) in [5.41, 5.74) is 7.28. The van der Waals surface area contributed by atoms with Gasteiger partial charge in [0.1, 0.15) is 0 Å². The predicted molar refractivity (Wildman–Crippen MR) is 76.0 cm³/mol. The minimum absolute atomic E-state index is 0.0741. The first kappa shape index (κ1) is 11.5. The van der Waals surface area contributed by atoms with E-state index in [9.17, 15) is 4.79 Å². The molecule has 0 spiro atoms. The van der Waals surface area contributed by atoms with Crippen molar-refractivity contribution in [2.75, 3.05) is 5.73 Å². The third-order valence-electron chi connectivity index (χ3n) is 3.07. The molecule has 1 aromatic heterocycles. The number of hydrogen-bond donors (Lipinski definition) is 1. The van der Waals surface area contributed by atoms with Gasteiger partial charge in [-0.15, -0.1) is 0 Å². The smallest absolute Gasteiger partial charge is 0.274 e. The van der Waals surface area contributed by atoms with Crippen LogP contribution in [0.4, 0.5) is 5.69 Å². The number of nitrogens with zero attached hydrogens (tertiary/aromatic N) is 2. The second-order valence-corrected chi connectivity index (χ2v) is 4.44. The number of nitrogen functional groups attached to an aromatic ring is 1. The summed E-state index contributed by atoms with van der Waals surface area (Å²) in [5.74, 6) is 0. The van der Waals surface area contributed by atoms with Crippen molar-refractivity contribution in [2.24, 2.45) is 0 Å². The Morgan fingerprint density at radius 3 is 2.58 bits per heavy atom. The molecule has 0 atom stereocenters.